The summed E-state index contributed by atoms with van der Waals surface area (Å²) >= 11 is 0. The van der Waals surface area contributed by atoms with Crippen molar-refractivity contribution >= 4 is 100 Å². The van der Waals surface area contributed by atoms with Crippen molar-refractivity contribution in [2.24, 2.45) is 7.05 Å². The largest absolute Gasteiger partial charge is 0.311 e. The van der Waals surface area contributed by atoms with Crippen molar-refractivity contribution in [3.05, 3.63) is 173 Å². The Bertz CT molecular complexity index is 4150. The Morgan fingerprint density at radius 1 is 0.458 bits per heavy atom. The molecule has 5 heterocycles. The van der Waals surface area contributed by atoms with Gasteiger partial charge in [0.05, 0.1) is 18.0 Å². The first-order chi connectivity index (χ1) is 34.1. The highest BCUT2D eigenvalue weighted by Crippen LogP contribution is 2.48. The molecule has 2 aliphatic heterocycles. The van der Waals surface area contributed by atoms with Gasteiger partial charge < -0.3 is 9.47 Å². The van der Waals surface area contributed by atoms with E-state index in [2.05, 4.69) is 261 Å². The molecule has 4 nitrogen and oxygen atoms in total. The van der Waals surface area contributed by atoms with Crippen molar-refractivity contribution in [2.75, 3.05) is 4.90 Å². The van der Waals surface area contributed by atoms with Crippen LogP contribution >= 0.6 is 0 Å². The van der Waals surface area contributed by atoms with Crippen LogP contribution in [0.1, 0.15) is 111 Å². The quantitative estimate of drug-likeness (QED) is 0.0958. The Kier molecular flexibility index (Phi) is 9.18. The van der Waals surface area contributed by atoms with Gasteiger partial charge >= 0.3 is 0 Å². The van der Waals surface area contributed by atoms with Crippen LogP contribution in [0.25, 0.3) is 77.0 Å². The van der Waals surface area contributed by atoms with E-state index in [0.29, 0.717) is 0 Å². The van der Waals surface area contributed by atoms with Crippen molar-refractivity contribution < 1.29 is 4.57 Å². The van der Waals surface area contributed by atoms with E-state index in [-0.39, 0.29) is 28.4 Å². The molecular weight excluding hydrogens is 872 g/mol. The maximum absolute atomic E-state index is 2.67. The zero-order valence-electron chi connectivity index (χ0n) is 44.7. The summed E-state index contributed by atoms with van der Waals surface area (Å²) in [4.78, 5) is 2.61. The third-order valence-corrected chi connectivity index (χ3v) is 16.7. The molecule has 0 spiro atoms. The second-order valence-electron chi connectivity index (χ2n) is 25.4. The smallest absolute Gasteiger partial charge is 0.295 e. The van der Waals surface area contributed by atoms with Crippen LogP contribution in [0, 0.1) is 6.92 Å². The Balaban J connectivity index is 1.23. The lowest BCUT2D eigenvalue weighted by Crippen LogP contribution is -2.60. The molecule has 11 aromatic rings. The standard InChI is InChI=1S/C67H66BN4/c1-39-23-30-46(60-47-19-15-16-20-52(47)72-56-22-18-17-21-55(56)69(14)63(72)59(39)60)40-33-57-61-58(34-40)71-53-31-26-42(65(5,6)7)35-48(53)49-36-44(67(11,12)13)38-51(62(49)71)68(61)50-37-43(66(8,9)10)27-32-54(50)70(57)45-28-24-41(25-29-45)64(2,3)4/h15-38H,1-14H3/q+1. The molecule has 13 rings (SSSR count). The monoisotopic (exact) mass is 938 g/mol. The SMILES string of the molecule is Cc1ccc(-c2cc3c4c(c2)-n2c5ccc(C(C)(C)C)cc5c5cc(C(C)(C)C)cc(c52)B4c2cc(C(C)(C)C)ccc2N3c2ccc(C(C)(C)C)cc2)c2c3ccccc3n3c4ccccc4[n+](C)c3c12. The first kappa shape index (κ1) is 44.8. The lowest BCUT2D eigenvalue weighted by molar-refractivity contribution is -0.617. The molecule has 2 aliphatic rings. The Hall–Kier alpha value is -7.11. The van der Waals surface area contributed by atoms with Crippen molar-refractivity contribution in [2.45, 2.75) is 112 Å². The number of para-hydroxylation sites is 3. The van der Waals surface area contributed by atoms with Crippen LogP contribution in [0.5, 0.6) is 0 Å². The lowest BCUT2D eigenvalue weighted by atomic mass is 9.33. The number of imidazole rings is 1. The summed E-state index contributed by atoms with van der Waals surface area (Å²) in [6.45, 7) is 30.5. The molecule has 0 bridgehead atoms. The van der Waals surface area contributed by atoms with Crippen LogP contribution < -0.4 is 25.9 Å². The van der Waals surface area contributed by atoms with Crippen molar-refractivity contribution in [1.29, 1.82) is 0 Å². The Morgan fingerprint density at radius 3 is 1.76 bits per heavy atom. The molecule has 0 unspecified atom stereocenters. The molecule has 0 N–H and O–H groups in total. The number of anilines is 3. The number of aromatic nitrogens is 3. The van der Waals surface area contributed by atoms with E-state index in [9.17, 15) is 0 Å². The fourth-order valence-electron chi connectivity index (χ4n) is 12.7. The Labute approximate surface area is 425 Å². The maximum atomic E-state index is 2.67. The fourth-order valence-corrected chi connectivity index (χ4v) is 12.7. The number of benzene rings is 8. The van der Waals surface area contributed by atoms with Gasteiger partial charge in [-0.05, 0) is 151 Å². The summed E-state index contributed by atoms with van der Waals surface area (Å²) in [5.74, 6) is 0. The van der Waals surface area contributed by atoms with Gasteiger partial charge in [-0.3, -0.25) is 0 Å². The van der Waals surface area contributed by atoms with Crippen LogP contribution in [-0.4, -0.2) is 15.7 Å². The Morgan fingerprint density at radius 2 is 1.06 bits per heavy atom. The fraction of sp³-hybridized carbons (Fsp3) is 0.269. The van der Waals surface area contributed by atoms with E-state index >= 15 is 0 Å². The highest BCUT2D eigenvalue weighted by Gasteiger charge is 2.44. The lowest BCUT2D eigenvalue weighted by Gasteiger charge is -2.41. The number of rotatable bonds is 2. The maximum Gasteiger partial charge on any atom is 0.295 e. The number of fused-ring (bicyclic) bond motifs is 15. The molecule has 5 heteroatoms. The number of nitrogens with zero attached hydrogens (tertiary/aromatic N) is 4. The first-order valence-corrected chi connectivity index (χ1v) is 26.2. The highest BCUT2D eigenvalue weighted by atomic mass is 15.2. The van der Waals surface area contributed by atoms with Crippen molar-refractivity contribution in [3.8, 4) is 16.8 Å². The minimum Gasteiger partial charge on any atom is -0.311 e. The summed E-state index contributed by atoms with van der Waals surface area (Å²) in [5, 5.41) is 6.49. The van der Waals surface area contributed by atoms with Gasteiger partial charge in [0.25, 0.3) is 12.4 Å². The van der Waals surface area contributed by atoms with Gasteiger partial charge in [-0.1, -0.05) is 162 Å². The molecule has 0 radical (unpaired) electrons. The molecule has 0 fully saturated rings. The minimum atomic E-state index is -0.0670. The molecule has 8 aromatic carbocycles. The molecule has 0 atom stereocenters. The normalized spacial score (nSPS) is 13.9. The average molecular weight is 938 g/mol. The van der Waals surface area contributed by atoms with E-state index in [4.69, 9.17) is 0 Å². The third-order valence-electron chi connectivity index (χ3n) is 16.7. The van der Waals surface area contributed by atoms with Gasteiger partial charge in [-0.2, -0.15) is 4.40 Å². The topological polar surface area (TPSA) is 16.5 Å². The van der Waals surface area contributed by atoms with Gasteiger partial charge in [0.1, 0.15) is 5.52 Å². The molecule has 356 valence electrons. The first-order valence-electron chi connectivity index (χ1n) is 26.2. The van der Waals surface area contributed by atoms with Gasteiger partial charge in [-0.25, -0.2) is 4.57 Å². The summed E-state index contributed by atoms with van der Waals surface area (Å²) in [5.41, 5.74) is 25.5. The van der Waals surface area contributed by atoms with E-state index in [1.807, 2.05) is 0 Å². The summed E-state index contributed by atoms with van der Waals surface area (Å²) < 4.78 is 7.57. The van der Waals surface area contributed by atoms with E-state index in [1.165, 1.54) is 138 Å². The van der Waals surface area contributed by atoms with Gasteiger partial charge in [-0.15, -0.1) is 0 Å². The number of aryl methyl sites for hydroxylation is 2. The van der Waals surface area contributed by atoms with Gasteiger partial charge in [0, 0.05) is 49.8 Å². The second-order valence-corrected chi connectivity index (χ2v) is 25.4. The van der Waals surface area contributed by atoms with Gasteiger partial charge in [0.15, 0.2) is 11.0 Å². The van der Waals surface area contributed by atoms with E-state index in [1.54, 1.807) is 0 Å². The van der Waals surface area contributed by atoms with E-state index in [0.717, 1.165) is 0 Å². The molecule has 0 saturated carbocycles. The second kappa shape index (κ2) is 14.8. The zero-order chi connectivity index (χ0) is 50.3. The van der Waals surface area contributed by atoms with Crippen molar-refractivity contribution in [3.63, 3.8) is 0 Å². The van der Waals surface area contributed by atoms with Crippen LogP contribution in [0.3, 0.4) is 0 Å². The summed E-state index contributed by atoms with van der Waals surface area (Å²) in [7, 11) is 2.24. The molecule has 0 amide bonds. The number of hydrogen-bond donors (Lipinski definition) is 0. The molecular formula is C67H66BN4+. The van der Waals surface area contributed by atoms with Crippen LogP contribution in [0.2, 0.25) is 0 Å². The summed E-state index contributed by atoms with van der Waals surface area (Å²) in [6, 6.07) is 57.1. The zero-order valence-corrected chi connectivity index (χ0v) is 44.7. The average Bonchev–Trinajstić information content (AvgIpc) is 3.83. The molecule has 0 aliphatic carbocycles. The van der Waals surface area contributed by atoms with Crippen LogP contribution in [0.4, 0.5) is 17.1 Å². The highest BCUT2D eigenvalue weighted by molar-refractivity contribution is 7.00. The predicted octanol–water partition coefficient (Wildman–Crippen LogP) is 15.1. The molecule has 0 saturated heterocycles. The number of pyridine rings is 1. The van der Waals surface area contributed by atoms with Crippen molar-refractivity contribution in [1.82, 2.24) is 8.97 Å². The third kappa shape index (κ3) is 6.28. The van der Waals surface area contributed by atoms with E-state index < -0.39 is 0 Å². The molecule has 3 aromatic heterocycles. The number of hydrogen-bond acceptors (Lipinski definition) is 1. The minimum absolute atomic E-state index is 0.00226. The van der Waals surface area contributed by atoms with Crippen LogP contribution in [-0.2, 0) is 28.7 Å². The summed E-state index contributed by atoms with van der Waals surface area (Å²) in [6.07, 6.45) is 0. The van der Waals surface area contributed by atoms with Gasteiger partial charge in [0.2, 0.25) is 0 Å². The van der Waals surface area contributed by atoms with Crippen LogP contribution in [0.15, 0.2) is 146 Å². The molecule has 72 heavy (non-hydrogen) atoms. The predicted molar refractivity (Wildman–Crippen MR) is 310 cm³/mol.